The molecule has 1 aromatic heterocycles. The third-order valence-corrected chi connectivity index (χ3v) is 1.98. The summed E-state index contributed by atoms with van der Waals surface area (Å²) in [7, 11) is 0. The Kier molecular flexibility index (Phi) is 2.95. The number of carboxylic acids is 1. The van der Waals surface area contributed by atoms with Gasteiger partial charge in [0, 0.05) is 0 Å². The van der Waals surface area contributed by atoms with Crippen LogP contribution in [0, 0.1) is 0 Å². The summed E-state index contributed by atoms with van der Waals surface area (Å²) in [6.07, 6.45) is 1.10. The predicted octanol–water partition coefficient (Wildman–Crippen LogP) is 1.66. The number of ether oxygens (including phenoxy) is 1. The Labute approximate surface area is 96.1 Å². The number of aromatic carboxylic acids is 1. The van der Waals surface area contributed by atoms with Crippen molar-refractivity contribution in [2.75, 3.05) is 0 Å². The van der Waals surface area contributed by atoms with Crippen molar-refractivity contribution < 1.29 is 24.2 Å². The Morgan fingerprint density at radius 3 is 2.82 bits per heavy atom. The molecule has 0 spiro atoms. The lowest BCUT2D eigenvalue weighted by atomic mass is 10.3. The van der Waals surface area contributed by atoms with E-state index >= 15 is 0 Å². The summed E-state index contributed by atoms with van der Waals surface area (Å²) in [6, 6.07) is 6.42. The van der Waals surface area contributed by atoms with Crippen molar-refractivity contribution in [2.45, 2.75) is 6.61 Å². The second-order valence-electron chi connectivity index (χ2n) is 3.18. The molecule has 0 aliphatic heterocycles. The number of aromatic nitrogens is 1. The molecule has 88 valence electrons. The number of aromatic hydroxyl groups is 1. The molecule has 2 N–H and O–H groups in total. The maximum Gasteiger partial charge on any atom is 0.373 e. The Morgan fingerprint density at radius 2 is 2.18 bits per heavy atom. The summed E-state index contributed by atoms with van der Waals surface area (Å²) >= 11 is 0. The fourth-order valence-corrected chi connectivity index (χ4v) is 1.19. The molecule has 2 aromatic rings. The first-order valence-corrected chi connectivity index (χ1v) is 4.75. The Balaban J connectivity index is 2.02. The summed E-state index contributed by atoms with van der Waals surface area (Å²) in [5.41, 5.74) is 0. The largest absolute Gasteiger partial charge is 0.504 e. The fraction of sp³-hybridized carbons (Fsp3) is 0.0909. The van der Waals surface area contributed by atoms with Crippen LogP contribution < -0.4 is 4.74 Å². The van der Waals surface area contributed by atoms with Gasteiger partial charge in [0.15, 0.2) is 18.1 Å². The highest BCUT2D eigenvalue weighted by Crippen LogP contribution is 2.25. The Morgan fingerprint density at radius 1 is 1.41 bits per heavy atom. The molecule has 0 bridgehead atoms. The van der Waals surface area contributed by atoms with Gasteiger partial charge in [-0.05, 0) is 12.1 Å². The summed E-state index contributed by atoms with van der Waals surface area (Å²) in [5, 5.41) is 18.0. The van der Waals surface area contributed by atoms with Crippen LogP contribution in [0.15, 0.2) is 34.9 Å². The van der Waals surface area contributed by atoms with Gasteiger partial charge in [-0.2, -0.15) is 0 Å². The van der Waals surface area contributed by atoms with Crippen LogP contribution in [-0.4, -0.2) is 21.2 Å². The highest BCUT2D eigenvalue weighted by molar-refractivity contribution is 5.83. The zero-order chi connectivity index (χ0) is 12.3. The number of nitrogens with zero attached hydrogens (tertiary/aromatic N) is 1. The molecule has 0 amide bonds. The molecule has 2 rings (SSSR count). The van der Waals surface area contributed by atoms with E-state index in [2.05, 4.69) is 4.98 Å². The number of rotatable bonds is 4. The third-order valence-electron chi connectivity index (χ3n) is 1.98. The molecule has 0 radical (unpaired) electrons. The summed E-state index contributed by atoms with van der Waals surface area (Å²) in [6.45, 7) is -0.0507. The molecule has 1 aromatic carbocycles. The van der Waals surface area contributed by atoms with Gasteiger partial charge in [0.25, 0.3) is 0 Å². The van der Waals surface area contributed by atoms with Crippen molar-refractivity contribution in [3.63, 3.8) is 0 Å². The Hall–Kier alpha value is -2.50. The minimum Gasteiger partial charge on any atom is -0.504 e. The average molecular weight is 235 g/mol. The molecule has 0 atom stereocenters. The molecule has 0 aliphatic rings. The topological polar surface area (TPSA) is 92.8 Å². The normalized spacial score (nSPS) is 10.1. The van der Waals surface area contributed by atoms with Crippen LogP contribution in [0.2, 0.25) is 0 Å². The molecule has 17 heavy (non-hydrogen) atoms. The molecule has 1 heterocycles. The number of hydrogen-bond donors (Lipinski definition) is 2. The van der Waals surface area contributed by atoms with Crippen molar-refractivity contribution >= 4 is 5.97 Å². The van der Waals surface area contributed by atoms with Crippen molar-refractivity contribution in [1.29, 1.82) is 0 Å². The van der Waals surface area contributed by atoms with Crippen LogP contribution in [0.3, 0.4) is 0 Å². The Bertz CT molecular complexity index is 534. The van der Waals surface area contributed by atoms with Crippen molar-refractivity contribution in [3.8, 4) is 11.5 Å². The van der Waals surface area contributed by atoms with E-state index in [1.165, 1.54) is 6.07 Å². The van der Waals surface area contributed by atoms with E-state index in [1.54, 1.807) is 18.2 Å². The molecule has 0 saturated heterocycles. The van der Waals surface area contributed by atoms with E-state index in [-0.39, 0.29) is 29.8 Å². The lowest BCUT2D eigenvalue weighted by Gasteiger charge is -2.04. The summed E-state index contributed by atoms with van der Waals surface area (Å²) < 4.78 is 10.1. The second-order valence-corrected chi connectivity index (χ2v) is 3.18. The zero-order valence-corrected chi connectivity index (χ0v) is 8.66. The number of oxazole rings is 1. The average Bonchev–Trinajstić information content (AvgIpc) is 2.77. The number of carboxylic acid groups (broad SMARTS) is 1. The maximum absolute atomic E-state index is 10.5. The van der Waals surface area contributed by atoms with Gasteiger partial charge in [-0.3, -0.25) is 0 Å². The number of para-hydroxylation sites is 2. The van der Waals surface area contributed by atoms with Crippen molar-refractivity contribution in [1.82, 2.24) is 4.98 Å². The van der Waals surface area contributed by atoms with E-state index in [1.807, 2.05) is 0 Å². The van der Waals surface area contributed by atoms with Gasteiger partial charge in [-0.25, -0.2) is 9.78 Å². The molecule has 6 nitrogen and oxygen atoms in total. The first-order valence-electron chi connectivity index (χ1n) is 4.75. The summed E-state index contributed by atoms with van der Waals surface area (Å²) in [5.74, 6) is -1.03. The lowest BCUT2D eigenvalue weighted by Crippen LogP contribution is -1.96. The SMILES string of the molecule is O=C(O)c1cnc(COc2ccccc2O)o1. The van der Waals surface area contributed by atoms with Gasteiger partial charge in [0.1, 0.15) is 0 Å². The summed E-state index contributed by atoms with van der Waals surface area (Å²) in [4.78, 5) is 14.3. The van der Waals surface area contributed by atoms with E-state index < -0.39 is 5.97 Å². The van der Waals surface area contributed by atoms with Gasteiger partial charge >= 0.3 is 5.97 Å². The number of hydrogen-bond acceptors (Lipinski definition) is 5. The van der Waals surface area contributed by atoms with Gasteiger partial charge in [0.2, 0.25) is 11.7 Å². The quantitative estimate of drug-likeness (QED) is 0.837. The predicted molar refractivity (Wildman–Crippen MR) is 55.9 cm³/mol. The monoisotopic (exact) mass is 235 g/mol. The molecular formula is C11H9NO5. The van der Waals surface area contributed by atoms with Gasteiger partial charge in [-0.1, -0.05) is 12.1 Å². The van der Waals surface area contributed by atoms with Crippen LogP contribution in [0.1, 0.15) is 16.4 Å². The van der Waals surface area contributed by atoms with Crippen LogP contribution in [0.4, 0.5) is 0 Å². The smallest absolute Gasteiger partial charge is 0.373 e. The van der Waals surface area contributed by atoms with Gasteiger partial charge < -0.3 is 19.4 Å². The molecule has 0 saturated carbocycles. The number of benzene rings is 1. The van der Waals surface area contributed by atoms with Crippen LogP contribution in [0.25, 0.3) is 0 Å². The number of carbonyl (C=O) groups is 1. The van der Waals surface area contributed by atoms with Crippen molar-refractivity contribution in [3.05, 3.63) is 42.1 Å². The van der Waals surface area contributed by atoms with Gasteiger partial charge in [0.05, 0.1) is 6.20 Å². The fourth-order valence-electron chi connectivity index (χ4n) is 1.19. The minimum absolute atomic E-state index is 0.00230. The molecular weight excluding hydrogens is 226 g/mol. The van der Waals surface area contributed by atoms with Crippen LogP contribution in [0.5, 0.6) is 11.5 Å². The molecule has 0 unspecified atom stereocenters. The highest BCUT2D eigenvalue weighted by Gasteiger charge is 2.11. The molecule has 0 fully saturated rings. The minimum atomic E-state index is -1.19. The first kappa shape index (κ1) is 11.0. The van der Waals surface area contributed by atoms with Gasteiger partial charge in [-0.15, -0.1) is 0 Å². The van der Waals surface area contributed by atoms with Crippen LogP contribution in [-0.2, 0) is 6.61 Å². The molecule has 0 aliphatic carbocycles. The zero-order valence-electron chi connectivity index (χ0n) is 8.66. The third kappa shape index (κ3) is 2.54. The number of phenols is 1. The van der Waals surface area contributed by atoms with Crippen molar-refractivity contribution in [2.24, 2.45) is 0 Å². The van der Waals surface area contributed by atoms with E-state index in [9.17, 15) is 9.90 Å². The lowest BCUT2D eigenvalue weighted by molar-refractivity contribution is 0.0658. The second kappa shape index (κ2) is 4.56. The first-order chi connectivity index (χ1) is 8.16. The highest BCUT2D eigenvalue weighted by atomic mass is 16.5. The molecule has 6 heteroatoms. The van der Waals surface area contributed by atoms with E-state index in [0.717, 1.165) is 6.20 Å². The van der Waals surface area contributed by atoms with Crippen LogP contribution >= 0.6 is 0 Å². The standard InChI is InChI=1S/C11H9NO5/c13-7-3-1-2-4-8(7)16-6-10-12-5-9(17-10)11(14)15/h1-5,13H,6H2,(H,14,15). The number of phenolic OH excluding ortho intramolecular Hbond substituents is 1. The maximum atomic E-state index is 10.5. The van der Waals surface area contributed by atoms with E-state index in [0.29, 0.717) is 0 Å². The van der Waals surface area contributed by atoms with E-state index in [4.69, 9.17) is 14.3 Å².